The molecular weight excluding hydrogens is 459 g/mol. The summed E-state index contributed by atoms with van der Waals surface area (Å²) < 4.78 is 1.55. The number of aliphatic hydroxyl groups is 1. The first-order valence-electron chi connectivity index (χ1n) is 11.6. The highest BCUT2D eigenvalue weighted by Gasteiger charge is 2.22. The van der Waals surface area contributed by atoms with Crippen LogP contribution < -0.4 is 5.32 Å². The molecule has 3 heterocycles. The van der Waals surface area contributed by atoms with Gasteiger partial charge in [0, 0.05) is 16.6 Å². The van der Waals surface area contributed by atoms with Gasteiger partial charge in [0.1, 0.15) is 0 Å². The SMILES string of the molecule is CC.CCN1CCC(c2cc3nc(Nc4cnn(CC(C)(C)O)c4Cl)ncc3cc2Cl)CC1. The molecule has 1 fully saturated rings. The molecule has 0 atom stereocenters. The van der Waals surface area contributed by atoms with E-state index in [0.29, 0.717) is 22.7 Å². The molecule has 2 N–H and O–H groups in total. The standard InChI is InChI=1S/C22H28Cl2N6O.C2H6/c1-4-29-7-5-14(6-8-29)16-10-18-15(9-17(16)23)11-25-21(27-18)28-19-12-26-30(20(19)24)13-22(2,3)31;1-2/h9-12,14,31H,4-8,13H2,1-3H3,(H,25,27,28);1-2H3. The van der Waals surface area contributed by atoms with Gasteiger partial charge in [-0.2, -0.15) is 5.10 Å². The molecule has 0 saturated carbocycles. The smallest absolute Gasteiger partial charge is 0.227 e. The van der Waals surface area contributed by atoms with Gasteiger partial charge in [-0.25, -0.2) is 14.6 Å². The Hall–Kier alpha value is -1.93. The van der Waals surface area contributed by atoms with Crippen LogP contribution in [0.15, 0.2) is 24.5 Å². The minimum Gasteiger partial charge on any atom is -0.389 e. The van der Waals surface area contributed by atoms with Gasteiger partial charge < -0.3 is 15.3 Å². The van der Waals surface area contributed by atoms with Gasteiger partial charge in [0.15, 0.2) is 5.15 Å². The Kier molecular flexibility index (Phi) is 8.56. The average molecular weight is 493 g/mol. The maximum absolute atomic E-state index is 10.0. The van der Waals surface area contributed by atoms with Crippen LogP contribution in [0.25, 0.3) is 10.9 Å². The van der Waals surface area contributed by atoms with E-state index in [1.807, 2.05) is 19.9 Å². The molecule has 7 nitrogen and oxygen atoms in total. The molecule has 4 rings (SSSR count). The van der Waals surface area contributed by atoms with E-state index >= 15 is 0 Å². The molecule has 1 aliphatic rings. The third-order valence-electron chi connectivity index (χ3n) is 5.73. The molecule has 0 radical (unpaired) electrons. The number of benzene rings is 1. The summed E-state index contributed by atoms with van der Waals surface area (Å²) in [6.45, 7) is 13.2. The van der Waals surface area contributed by atoms with Gasteiger partial charge in [-0.05, 0) is 69.9 Å². The van der Waals surface area contributed by atoms with Crippen molar-refractivity contribution in [3.05, 3.63) is 40.3 Å². The zero-order valence-electron chi connectivity index (χ0n) is 20.1. The predicted molar refractivity (Wildman–Crippen MR) is 137 cm³/mol. The fraction of sp³-hybridized carbons (Fsp3) is 0.542. The Morgan fingerprint density at radius 2 is 1.85 bits per heavy atom. The minimum atomic E-state index is -0.921. The number of nitrogens with one attached hydrogen (secondary N) is 1. The zero-order valence-corrected chi connectivity index (χ0v) is 21.6. The van der Waals surface area contributed by atoms with Crippen LogP contribution in [0.3, 0.4) is 0 Å². The molecule has 0 spiro atoms. The second-order valence-electron chi connectivity index (χ2n) is 8.78. The number of hydrogen-bond donors (Lipinski definition) is 2. The lowest BCUT2D eigenvalue weighted by molar-refractivity contribution is 0.0578. The number of piperidine rings is 1. The molecule has 180 valence electrons. The Balaban J connectivity index is 0.00000149. The van der Waals surface area contributed by atoms with Crippen LogP contribution in [0, 0.1) is 0 Å². The fourth-order valence-electron chi connectivity index (χ4n) is 4.05. The van der Waals surface area contributed by atoms with Crippen LogP contribution in [0.5, 0.6) is 0 Å². The van der Waals surface area contributed by atoms with Crippen LogP contribution in [0.2, 0.25) is 10.2 Å². The monoisotopic (exact) mass is 492 g/mol. The highest BCUT2D eigenvalue weighted by molar-refractivity contribution is 6.32. The molecule has 33 heavy (non-hydrogen) atoms. The second kappa shape index (κ2) is 11.0. The van der Waals surface area contributed by atoms with Gasteiger partial charge in [0.25, 0.3) is 0 Å². The van der Waals surface area contributed by atoms with E-state index in [1.165, 1.54) is 0 Å². The maximum atomic E-state index is 10.0. The van der Waals surface area contributed by atoms with Gasteiger partial charge in [0.2, 0.25) is 5.95 Å². The third kappa shape index (κ3) is 6.35. The molecule has 0 unspecified atom stereocenters. The van der Waals surface area contributed by atoms with E-state index in [-0.39, 0.29) is 6.54 Å². The molecule has 1 saturated heterocycles. The molecule has 1 aliphatic heterocycles. The number of hydrogen-bond acceptors (Lipinski definition) is 6. The van der Waals surface area contributed by atoms with E-state index < -0.39 is 5.60 Å². The summed E-state index contributed by atoms with van der Waals surface area (Å²) >= 11 is 13.0. The number of nitrogens with zero attached hydrogens (tertiary/aromatic N) is 5. The number of halogens is 2. The first kappa shape index (κ1) is 25.7. The molecule has 0 aliphatic carbocycles. The fourth-order valence-corrected chi connectivity index (χ4v) is 4.58. The molecule has 9 heteroatoms. The summed E-state index contributed by atoms with van der Waals surface area (Å²) in [5.41, 5.74) is 1.67. The second-order valence-corrected chi connectivity index (χ2v) is 9.54. The highest BCUT2D eigenvalue weighted by atomic mass is 35.5. The van der Waals surface area contributed by atoms with Crippen LogP contribution in [-0.4, -0.2) is 55.0 Å². The van der Waals surface area contributed by atoms with Crippen LogP contribution >= 0.6 is 23.2 Å². The van der Waals surface area contributed by atoms with E-state index in [2.05, 4.69) is 38.3 Å². The quantitative estimate of drug-likeness (QED) is 0.447. The van der Waals surface area contributed by atoms with Gasteiger partial charge in [-0.1, -0.05) is 44.0 Å². The van der Waals surface area contributed by atoms with Crippen molar-refractivity contribution in [3.63, 3.8) is 0 Å². The number of rotatable bonds is 6. The maximum Gasteiger partial charge on any atom is 0.227 e. The summed E-state index contributed by atoms with van der Waals surface area (Å²) in [6.07, 6.45) is 5.57. The van der Waals surface area contributed by atoms with E-state index in [9.17, 15) is 5.11 Å². The molecule has 0 amide bonds. The van der Waals surface area contributed by atoms with Crippen molar-refractivity contribution >= 4 is 45.7 Å². The van der Waals surface area contributed by atoms with Crippen molar-refractivity contribution in [1.82, 2.24) is 24.6 Å². The number of anilines is 2. The number of likely N-dealkylation sites (tertiary alicyclic amines) is 1. The minimum absolute atomic E-state index is 0.283. The predicted octanol–water partition coefficient (Wildman–Crippen LogP) is 5.87. The number of fused-ring (bicyclic) bond motifs is 1. The van der Waals surface area contributed by atoms with Gasteiger partial charge in [0.05, 0.1) is 29.5 Å². The Bertz CT molecular complexity index is 1070. The highest BCUT2D eigenvalue weighted by Crippen LogP contribution is 2.35. The summed E-state index contributed by atoms with van der Waals surface area (Å²) in [5, 5.41) is 19.5. The Morgan fingerprint density at radius 1 is 1.15 bits per heavy atom. The summed E-state index contributed by atoms with van der Waals surface area (Å²) in [4.78, 5) is 11.6. The molecule has 1 aromatic carbocycles. The third-order valence-corrected chi connectivity index (χ3v) is 6.46. The lowest BCUT2D eigenvalue weighted by Crippen LogP contribution is -2.32. The molecule has 2 aromatic heterocycles. The first-order chi connectivity index (χ1) is 15.7. The molecule has 0 bridgehead atoms. The lowest BCUT2D eigenvalue weighted by Gasteiger charge is -2.31. The topological polar surface area (TPSA) is 79.1 Å². The van der Waals surface area contributed by atoms with Crippen molar-refractivity contribution in [2.45, 2.75) is 65.5 Å². The van der Waals surface area contributed by atoms with Crippen LogP contribution in [0.4, 0.5) is 11.6 Å². The average Bonchev–Trinajstić information content (AvgIpc) is 3.12. The Morgan fingerprint density at radius 3 is 2.48 bits per heavy atom. The molecule has 3 aromatic rings. The lowest BCUT2D eigenvalue weighted by atomic mass is 9.89. The Labute approximate surface area is 206 Å². The van der Waals surface area contributed by atoms with E-state index in [4.69, 9.17) is 23.2 Å². The largest absolute Gasteiger partial charge is 0.389 e. The normalized spacial score (nSPS) is 15.4. The van der Waals surface area contributed by atoms with Crippen LogP contribution in [-0.2, 0) is 6.54 Å². The van der Waals surface area contributed by atoms with E-state index in [0.717, 1.165) is 54.0 Å². The zero-order chi connectivity index (χ0) is 24.2. The molecular formula is C24H34Cl2N6O. The summed E-state index contributed by atoms with van der Waals surface area (Å²) in [6, 6.07) is 4.05. The van der Waals surface area contributed by atoms with Gasteiger partial charge >= 0.3 is 0 Å². The van der Waals surface area contributed by atoms with Crippen molar-refractivity contribution in [1.29, 1.82) is 0 Å². The van der Waals surface area contributed by atoms with Gasteiger partial charge in [-0.15, -0.1) is 0 Å². The van der Waals surface area contributed by atoms with Crippen molar-refractivity contribution in [3.8, 4) is 0 Å². The summed E-state index contributed by atoms with van der Waals surface area (Å²) in [5.74, 6) is 0.881. The van der Waals surface area contributed by atoms with Gasteiger partial charge in [-0.3, -0.25) is 0 Å². The van der Waals surface area contributed by atoms with Crippen molar-refractivity contribution in [2.75, 3.05) is 25.0 Å². The van der Waals surface area contributed by atoms with Crippen molar-refractivity contribution < 1.29 is 5.11 Å². The summed E-state index contributed by atoms with van der Waals surface area (Å²) in [7, 11) is 0. The first-order valence-corrected chi connectivity index (χ1v) is 12.4. The van der Waals surface area contributed by atoms with E-state index in [1.54, 1.807) is 30.9 Å². The van der Waals surface area contributed by atoms with Crippen LogP contribution in [0.1, 0.15) is 58.9 Å². The van der Waals surface area contributed by atoms with Crippen molar-refractivity contribution in [2.24, 2.45) is 0 Å². The number of aromatic nitrogens is 4.